The number of thiophene rings is 1. The fourth-order valence-corrected chi connectivity index (χ4v) is 3.79. The van der Waals surface area contributed by atoms with Crippen LogP contribution in [0.25, 0.3) is 0 Å². The molecule has 3 N–H and O–H groups in total. The quantitative estimate of drug-likeness (QED) is 0.721. The van der Waals surface area contributed by atoms with Crippen LogP contribution in [-0.4, -0.2) is 47.9 Å². The van der Waals surface area contributed by atoms with Gasteiger partial charge in [0.25, 0.3) is 5.91 Å². The van der Waals surface area contributed by atoms with Crippen LogP contribution in [-0.2, 0) is 9.53 Å². The predicted molar refractivity (Wildman–Crippen MR) is 86.7 cm³/mol. The summed E-state index contributed by atoms with van der Waals surface area (Å²) in [7, 11) is 0. The second-order valence-corrected chi connectivity index (χ2v) is 6.86. The highest BCUT2D eigenvalue weighted by Crippen LogP contribution is 2.33. The molecule has 2 heterocycles. The van der Waals surface area contributed by atoms with E-state index in [1.807, 2.05) is 5.32 Å². The van der Waals surface area contributed by atoms with Crippen LogP contribution in [0.4, 0.5) is 23.0 Å². The van der Waals surface area contributed by atoms with E-state index in [0.717, 1.165) is 11.3 Å². The number of rotatable bonds is 4. The predicted octanol–water partition coefficient (Wildman–Crippen LogP) is 2.17. The zero-order valence-electron chi connectivity index (χ0n) is 12.8. The van der Waals surface area contributed by atoms with Gasteiger partial charge in [-0.25, -0.2) is 4.79 Å². The zero-order valence-corrected chi connectivity index (χ0v) is 14.4. The van der Waals surface area contributed by atoms with E-state index >= 15 is 0 Å². The molecule has 0 spiro atoms. The van der Waals surface area contributed by atoms with Crippen molar-refractivity contribution >= 4 is 46.0 Å². The van der Waals surface area contributed by atoms with E-state index in [-0.39, 0.29) is 22.9 Å². The first-order valence-electron chi connectivity index (χ1n) is 7.03. The minimum absolute atomic E-state index is 0.0180. The molecule has 2 atom stereocenters. The number of hydrogen-bond donors (Lipinski definition) is 3. The Kier molecular flexibility index (Phi) is 6.30. The number of imide groups is 1. The lowest BCUT2D eigenvalue weighted by Gasteiger charge is -2.15. The van der Waals surface area contributed by atoms with Gasteiger partial charge in [-0.15, -0.1) is 23.1 Å². The highest BCUT2D eigenvalue weighted by molar-refractivity contribution is 8.00. The molecule has 2 rings (SSSR count). The van der Waals surface area contributed by atoms with Gasteiger partial charge in [-0.2, -0.15) is 13.2 Å². The van der Waals surface area contributed by atoms with Crippen molar-refractivity contribution in [3.8, 4) is 0 Å². The fourth-order valence-electron chi connectivity index (χ4n) is 1.92. The number of halogens is 3. The third-order valence-corrected chi connectivity index (χ3v) is 5.13. The molecule has 0 radical (unpaired) electrons. The Morgan fingerprint density at radius 3 is 2.72 bits per heavy atom. The third kappa shape index (κ3) is 5.09. The molecule has 2 unspecified atom stereocenters. The van der Waals surface area contributed by atoms with Crippen molar-refractivity contribution in [1.29, 1.82) is 0 Å². The normalized spacial score (nSPS) is 20.2. The molecule has 1 fully saturated rings. The van der Waals surface area contributed by atoms with Gasteiger partial charge < -0.3 is 10.1 Å². The van der Waals surface area contributed by atoms with Gasteiger partial charge in [0.15, 0.2) is 5.37 Å². The van der Waals surface area contributed by atoms with Crippen molar-refractivity contribution in [3.63, 3.8) is 0 Å². The molecule has 25 heavy (non-hydrogen) atoms. The van der Waals surface area contributed by atoms with Crippen molar-refractivity contribution in [2.45, 2.75) is 24.5 Å². The van der Waals surface area contributed by atoms with E-state index in [9.17, 15) is 27.6 Å². The second kappa shape index (κ2) is 8.06. The minimum atomic E-state index is -4.45. The van der Waals surface area contributed by atoms with Crippen LogP contribution in [0.15, 0.2) is 11.4 Å². The maximum absolute atomic E-state index is 12.6. The van der Waals surface area contributed by atoms with Gasteiger partial charge in [0.2, 0.25) is 5.91 Å². The Hall–Kier alpha value is -1.79. The van der Waals surface area contributed by atoms with Crippen LogP contribution in [0.2, 0.25) is 0 Å². The SMILES string of the molecule is CCOC(=O)NC(=O)c1ccsc1NC(=O)C1CSC(C(F)(F)F)N1. The van der Waals surface area contributed by atoms with Crippen LogP contribution < -0.4 is 16.0 Å². The van der Waals surface area contributed by atoms with Gasteiger partial charge in [0.1, 0.15) is 5.00 Å². The fraction of sp³-hybridized carbons (Fsp3) is 0.462. The van der Waals surface area contributed by atoms with Crippen LogP contribution in [0, 0.1) is 0 Å². The zero-order chi connectivity index (χ0) is 18.6. The monoisotopic (exact) mass is 397 g/mol. The summed E-state index contributed by atoms with van der Waals surface area (Å²) in [6.45, 7) is 1.65. The van der Waals surface area contributed by atoms with Crippen LogP contribution in [0.3, 0.4) is 0 Å². The van der Waals surface area contributed by atoms with Crippen LogP contribution in [0.5, 0.6) is 0 Å². The number of alkyl carbamates (subject to hydrolysis) is 1. The summed E-state index contributed by atoms with van der Waals surface area (Å²) in [5, 5.41) is 6.42. The molecule has 0 aliphatic carbocycles. The summed E-state index contributed by atoms with van der Waals surface area (Å²) in [5.74, 6) is -1.52. The molecule has 7 nitrogen and oxygen atoms in total. The van der Waals surface area contributed by atoms with Gasteiger partial charge in [-0.05, 0) is 18.4 Å². The smallest absolute Gasteiger partial charge is 0.414 e. The average molecular weight is 397 g/mol. The molecule has 12 heteroatoms. The average Bonchev–Trinajstić information content (AvgIpc) is 3.15. The summed E-state index contributed by atoms with van der Waals surface area (Å²) < 4.78 is 42.4. The van der Waals surface area contributed by atoms with Gasteiger partial charge in [0.05, 0.1) is 18.2 Å². The van der Waals surface area contributed by atoms with Gasteiger partial charge in [-0.1, -0.05) is 0 Å². The number of anilines is 1. The Morgan fingerprint density at radius 2 is 2.12 bits per heavy atom. The molecule has 0 saturated carbocycles. The lowest BCUT2D eigenvalue weighted by molar-refractivity contribution is -0.135. The van der Waals surface area contributed by atoms with Crippen molar-refractivity contribution in [2.24, 2.45) is 0 Å². The Labute approximate surface area is 148 Å². The summed E-state index contributed by atoms with van der Waals surface area (Å²) in [5.41, 5.74) is 0.0180. The van der Waals surface area contributed by atoms with Gasteiger partial charge in [-0.3, -0.25) is 20.2 Å². The number of alkyl halides is 3. The standard InChI is InChI=1S/C13H14F3N3O4S2/c1-2-23-12(22)19-8(20)6-3-4-24-10(6)18-9(21)7-5-25-11(17-7)13(14,15)16/h3-4,7,11,17H,2,5H2,1H3,(H,18,21)(H,19,20,22). The molecule has 0 aromatic carbocycles. The maximum Gasteiger partial charge on any atom is 0.414 e. The lowest BCUT2D eigenvalue weighted by atomic mass is 10.2. The number of ether oxygens (including phenoxy) is 1. The van der Waals surface area contributed by atoms with Crippen molar-refractivity contribution < 1.29 is 32.3 Å². The van der Waals surface area contributed by atoms with Crippen molar-refractivity contribution in [3.05, 3.63) is 17.0 Å². The first kappa shape index (κ1) is 19.5. The summed E-state index contributed by atoms with van der Waals surface area (Å²) >= 11 is 1.60. The number of amides is 3. The highest BCUT2D eigenvalue weighted by Gasteiger charge is 2.46. The molecule has 138 valence electrons. The molecular weight excluding hydrogens is 383 g/mol. The number of thioether (sulfide) groups is 1. The summed E-state index contributed by atoms with van der Waals surface area (Å²) in [6, 6.07) is 0.337. The Balaban J connectivity index is 1.98. The van der Waals surface area contributed by atoms with E-state index in [1.165, 1.54) is 11.4 Å². The molecular formula is C13H14F3N3O4S2. The second-order valence-electron chi connectivity index (χ2n) is 4.80. The molecule has 0 bridgehead atoms. The summed E-state index contributed by atoms with van der Waals surface area (Å²) in [4.78, 5) is 35.4. The van der Waals surface area contributed by atoms with Gasteiger partial charge >= 0.3 is 12.3 Å². The largest absolute Gasteiger partial charge is 0.450 e. The van der Waals surface area contributed by atoms with Crippen LogP contribution >= 0.6 is 23.1 Å². The van der Waals surface area contributed by atoms with E-state index in [2.05, 4.69) is 15.4 Å². The number of hydrogen-bond acceptors (Lipinski definition) is 7. The number of carbonyl (C=O) groups excluding carboxylic acids is 3. The van der Waals surface area contributed by atoms with Gasteiger partial charge in [0, 0.05) is 5.75 Å². The van der Waals surface area contributed by atoms with E-state index < -0.39 is 35.5 Å². The maximum atomic E-state index is 12.6. The van der Waals surface area contributed by atoms with E-state index in [4.69, 9.17) is 0 Å². The van der Waals surface area contributed by atoms with Crippen molar-refractivity contribution in [2.75, 3.05) is 17.7 Å². The lowest BCUT2D eigenvalue weighted by Crippen LogP contribution is -2.45. The van der Waals surface area contributed by atoms with Crippen molar-refractivity contribution in [1.82, 2.24) is 10.6 Å². The third-order valence-electron chi connectivity index (χ3n) is 3.03. The topological polar surface area (TPSA) is 96.5 Å². The Bertz CT molecular complexity index is 665. The minimum Gasteiger partial charge on any atom is -0.450 e. The molecule has 1 aromatic heterocycles. The molecule has 1 aliphatic rings. The van der Waals surface area contributed by atoms with E-state index in [0.29, 0.717) is 11.8 Å². The molecule has 1 saturated heterocycles. The number of carbonyl (C=O) groups is 3. The summed E-state index contributed by atoms with van der Waals surface area (Å²) in [6.07, 6.45) is -5.38. The first-order chi connectivity index (χ1) is 11.7. The first-order valence-corrected chi connectivity index (χ1v) is 8.96. The Morgan fingerprint density at radius 1 is 1.40 bits per heavy atom. The molecule has 1 aromatic rings. The molecule has 3 amide bonds. The highest BCUT2D eigenvalue weighted by atomic mass is 32.2. The molecule has 1 aliphatic heterocycles. The van der Waals surface area contributed by atoms with E-state index in [1.54, 1.807) is 6.92 Å². The number of nitrogens with one attached hydrogen (secondary N) is 3. The van der Waals surface area contributed by atoms with Crippen LogP contribution in [0.1, 0.15) is 17.3 Å².